The van der Waals surface area contributed by atoms with Crippen molar-refractivity contribution in [1.29, 1.82) is 0 Å². The Morgan fingerprint density at radius 2 is 2.16 bits per heavy atom. The minimum Gasteiger partial charge on any atom is -0.368 e. The third-order valence-electron chi connectivity index (χ3n) is 3.53. The molecule has 19 heavy (non-hydrogen) atoms. The lowest BCUT2D eigenvalue weighted by Gasteiger charge is -2.22. The van der Waals surface area contributed by atoms with Gasteiger partial charge in [0.2, 0.25) is 5.91 Å². The van der Waals surface area contributed by atoms with Gasteiger partial charge in [-0.25, -0.2) is 0 Å². The van der Waals surface area contributed by atoms with Crippen molar-refractivity contribution in [3.05, 3.63) is 36.4 Å². The Hall–Kier alpha value is -1.88. The van der Waals surface area contributed by atoms with Gasteiger partial charge >= 0.3 is 0 Å². The average Bonchev–Trinajstić information content (AvgIpc) is 3.20. The summed E-state index contributed by atoms with van der Waals surface area (Å²) < 4.78 is 0. The van der Waals surface area contributed by atoms with E-state index in [4.69, 9.17) is 5.73 Å². The number of carbonyl (C=O) groups is 2. The average molecular weight is 257 g/mol. The maximum absolute atomic E-state index is 12.1. The van der Waals surface area contributed by atoms with E-state index >= 15 is 0 Å². The van der Waals surface area contributed by atoms with Crippen LogP contribution in [0.2, 0.25) is 0 Å². The van der Waals surface area contributed by atoms with E-state index in [9.17, 15) is 9.59 Å². The van der Waals surface area contributed by atoms with E-state index in [0.717, 1.165) is 24.1 Å². The summed E-state index contributed by atoms with van der Waals surface area (Å²) in [5.41, 5.74) is 6.87. The zero-order valence-corrected chi connectivity index (χ0v) is 10.4. The molecule has 1 fully saturated rings. The first-order valence-corrected chi connectivity index (χ1v) is 6.38. The van der Waals surface area contributed by atoms with Crippen molar-refractivity contribution in [2.45, 2.75) is 18.9 Å². The van der Waals surface area contributed by atoms with Crippen LogP contribution in [0.4, 0.5) is 5.69 Å². The van der Waals surface area contributed by atoms with Gasteiger partial charge in [0.15, 0.2) is 6.54 Å². The predicted octanol–water partition coefficient (Wildman–Crippen LogP) is 0.598. The van der Waals surface area contributed by atoms with Crippen molar-refractivity contribution in [3.63, 3.8) is 0 Å². The Morgan fingerprint density at radius 1 is 1.42 bits per heavy atom. The molecule has 1 aromatic rings. The fourth-order valence-electron chi connectivity index (χ4n) is 2.33. The van der Waals surface area contributed by atoms with Gasteiger partial charge in [-0.1, -0.05) is 18.2 Å². The Kier molecular flexibility index (Phi) is 2.98. The fourth-order valence-corrected chi connectivity index (χ4v) is 2.33. The summed E-state index contributed by atoms with van der Waals surface area (Å²) in [4.78, 5) is 25.3. The smallest absolute Gasteiger partial charge is 0.252 e. The number of para-hydroxylation sites is 1. The van der Waals surface area contributed by atoms with Crippen molar-refractivity contribution in [2.75, 3.05) is 11.4 Å². The molecule has 1 aliphatic heterocycles. The van der Waals surface area contributed by atoms with Crippen LogP contribution in [0.5, 0.6) is 0 Å². The summed E-state index contributed by atoms with van der Waals surface area (Å²) in [6.45, 7) is 3.22. The quantitative estimate of drug-likeness (QED) is 0.832. The highest BCUT2D eigenvalue weighted by atomic mass is 16.2. The number of rotatable bonds is 3. The lowest BCUT2D eigenvalue weighted by atomic mass is 10.0. The normalized spacial score (nSPS) is 22.8. The largest absolute Gasteiger partial charge is 0.368 e. The van der Waals surface area contributed by atoms with Crippen LogP contribution in [0.25, 0.3) is 0 Å². The van der Waals surface area contributed by atoms with Crippen LogP contribution in [-0.2, 0) is 9.59 Å². The number of nitrogens with two attached hydrogens (primary N) is 1. The molecule has 1 saturated carbocycles. The molecule has 98 valence electrons. The summed E-state index contributed by atoms with van der Waals surface area (Å²) >= 11 is 0. The van der Waals surface area contributed by atoms with Gasteiger partial charge in [0, 0.05) is 17.8 Å². The first kappa shape index (κ1) is 12.2. The first-order chi connectivity index (χ1) is 9.16. The highest BCUT2D eigenvalue weighted by Gasteiger charge is 2.34. The van der Waals surface area contributed by atoms with Crippen LogP contribution < -0.4 is 16.0 Å². The van der Waals surface area contributed by atoms with Gasteiger partial charge < -0.3 is 10.6 Å². The van der Waals surface area contributed by atoms with Gasteiger partial charge in [-0.2, -0.15) is 0 Å². The number of anilines is 1. The van der Waals surface area contributed by atoms with E-state index in [1.807, 2.05) is 24.3 Å². The summed E-state index contributed by atoms with van der Waals surface area (Å²) in [5.74, 6) is -0.201. The van der Waals surface area contributed by atoms with E-state index in [1.165, 1.54) is 0 Å². The minimum absolute atomic E-state index is 0.247. The number of carbonyl (C=O) groups excluding carboxylic acids is 2. The lowest BCUT2D eigenvalue weighted by Crippen LogP contribution is -2.35. The monoisotopic (exact) mass is 257 g/mol. The molecule has 3 N–H and O–H groups in total. The van der Waals surface area contributed by atoms with Crippen LogP contribution >= 0.6 is 0 Å². The molecule has 1 aliphatic carbocycles. The Labute approximate surface area is 111 Å². The van der Waals surface area contributed by atoms with Crippen molar-refractivity contribution < 1.29 is 9.59 Å². The molecule has 0 spiro atoms. The number of fused-ring (bicyclic) bond motifs is 1. The maximum Gasteiger partial charge on any atom is 0.252 e. The molecule has 0 bridgehead atoms. The van der Waals surface area contributed by atoms with Gasteiger partial charge in [-0.3, -0.25) is 14.9 Å². The zero-order chi connectivity index (χ0) is 13.4. The van der Waals surface area contributed by atoms with Crippen LogP contribution in [0.3, 0.4) is 0 Å². The van der Waals surface area contributed by atoms with Gasteiger partial charge in [-0.15, -0.1) is 0 Å². The molecule has 1 aromatic carbocycles. The molecule has 1 unspecified atom stereocenters. The maximum atomic E-state index is 12.1. The lowest BCUT2D eigenvalue weighted by molar-refractivity contribution is -0.120. The summed E-state index contributed by atoms with van der Waals surface area (Å²) in [5, 5.41) is 2.69. The Morgan fingerprint density at radius 3 is 2.84 bits per heavy atom. The Bertz CT molecular complexity index is 525. The molecule has 2 aliphatic rings. The minimum atomic E-state index is -0.704. The third-order valence-corrected chi connectivity index (χ3v) is 3.53. The first-order valence-electron chi connectivity index (χ1n) is 6.38. The van der Waals surface area contributed by atoms with Crippen molar-refractivity contribution in [2.24, 2.45) is 11.7 Å². The molecule has 1 atom stereocenters. The number of amides is 2. The molecule has 0 saturated heterocycles. The third kappa shape index (κ3) is 2.33. The van der Waals surface area contributed by atoms with Crippen molar-refractivity contribution >= 4 is 17.5 Å². The number of hydrogen-bond donors (Lipinski definition) is 2. The van der Waals surface area contributed by atoms with Gasteiger partial charge in [0.1, 0.15) is 6.04 Å². The van der Waals surface area contributed by atoms with Gasteiger partial charge in [0.05, 0.1) is 0 Å². The zero-order valence-electron chi connectivity index (χ0n) is 10.4. The number of hydrogen-bond acceptors (Lipinski definition) is 3. The van der Waals surface area contributed by atoms with Crippen LogP contribution in [0.15, 0.2) is 24.3 Å². The molecule has 5 heteroatoms. The molecular weight excluding hydrogens is 242 g/mol. The number of nitrogens with one attached hydrogen (secondary N) is 1. The SMILES string of the molecule is NC(=O)C1N[C]C(=O)N(CC2CC2)c2ccccc21. The summed E-state index contributed by atoms with van der Waals surface area (Å²) in [7, 11) is 0. The van der Waals surface area contributed by atoms with Crippen LogP contribution in [-0.4, -0.2) is 18.4 Å². The standard InChI is InChI=1S/C14H15N3O2/c15-14(19)13-10-3-1-2-4-11(10)17(8-9-5-6-9)12(18)7-16-13/h1-4,9,13,16H,5-6,8H2,(H2,15,19). The van der Waals surface area contributed by atoms with Gasteiger partial charge in [-0.05, 0) is 24.8 Å². The summed E-state index contributed by atoms with van der Waals surface area (Å²) in [6.07, 6.45) is 2.30. The predicted molar refractivity (Wildman–Crippen MR) is 69.8 cm³/mol. The van der Waals surface area contributed by atoms with Crippen LogP contribution in [0, 0.1) is 12.5 Å². The molecule has 1 heterocycles. The summed E-state index contributed by atoms with van der Waals surface area (Å²) in [6, 6.07) is 6.65. The topological polar surface area (TPSA) is 75.4 Å². The van der Waals surface area contributed by atoms with Gasteiger partial charge in [0.25, 0.3) is 5.91 Å². The molecular formula is C14H15N3O2. The molecule has 0 aromatic heterocycles. The Balaban J connectivity index is 2.01. The van der Waals surface area contributed by atoms with E-state index < -0.39 is 11.9 Å². The second kappa shape index (κ2) is 4.66. The van der Waals surface area contributed by atoms with E-state index in [0.29, 0.717) is 12.5 Å². The molecule has 5 nitrogen and oxygen atoms in total. The number of primary amides is 1. The van der Waals surface area contributed by atoms with E-state index in [-0.39, 0.29) is 5.91 Å². The fraction of sp³-hybridized carbons (Fsp3) is 0.357. The molecule has 3 rings (SSSR count). The second-order valence-electron chi connectivity index (χ2n) is 5.02. The van der Waals surface area contributed by atoms with Crippen molar-refractivity contribution in [3.8, 4) is 0 Å². The van der Waals surface area contributed by atoms with Crippen LogP contribution in [0.1, 0.15) is 24.4 Å². The number of benzene rings is 1. The molecule has 2 amide bonds. The molecule has 2 radical (unpaired) electrons. The van der Waals surface area contributed by atoms with Crippen molar-refractivity contribution in [1.82, 2.24) is 5.32 Å². The highest BCUT2D eigenvalue weighted by Crippen LogP contribution is 2.35. The number of nitrogens with zero attached hydrogens (tertiary/aromatic N) is 1. The second-order valence-corrected chi connectivity index (χ2v) is 5.02. The highest BCUT2D eigenvalue weighted by molar-refractivity contribution is 6.02. The van der Waals surface area contributed by atoms with E-state index in [1.54, 1.807) is 4.90 Å². The van der Waals surface area contributed by atoms with E-state index in [2.05, 4.69) is 11.9 Å².